The van der Waals surface area contributed by atoms with Gasteiger partial charge in [-0.05, 0) is 37.1 Å². The number of benzene rings is 2. The highest BCUT2D eigenvalue weighted by atomic mass is 16.5. The molecule has 0 radical (unpaired) electrons. The average molecular weight is 420 g/mol. The summed E-state index contributed by atoms with van der Waals surface area (Å²) in [5.41, 5.74) is 1.87. The molecule has 0 bridgehead atoms. The van der Waals surface area contributed by atoms with E-state index in [-0.39, 0.29) is 11.7 Å². The predicted octanol–water partition coefficient (Wildman–Crippen LogP) is 2.76. The molecule has 160 valence electrons. The third-order valence-electron chi connectivity index (χ3n) is 4.84. The van der Waals surface area contributed by atoms with Crippen LogP contribution in [0.15, 0.2) is 60.7 Å². The van der Waals surface area contributed by atoms with Crippen LogP contribution < -0.4 is 10.2 Å². The summed E-state index contributed by atoms with van der Waals surface area (Å²) in [4.78, 5) is 50.1. The summed E-state index contributed by atoms with van der Waals surface area (Å²) in [5, 5.41) is 2.51. The first kappa shape index (κ1) is 22.0. The Morgan fingerprint density at radius 3 is 2.61 bits per heavy atom. The van der Waals surface area contributed by atoms with E-state index in [1.807, 2.05) is 30.3 Å². The molecule has 0 aliphatic carbocycles. The lowest BCUT2D eigenvalue weighted by Gasteiger charge is -2.16. The standard InChI is InChI=1S/C24H24N2O5/c1-17(25-22(28)13-12-18-7-3-2-4-8-18)24(30)31-16-21(27)19-9-5-10-20(15-19)26-14-6-11-23(26)29/h2-5,7-10,12-13,15,17H,6,11,14,16H2,1H3,(H,25,28)/b13-12+/t17-/m0/s1. The molecule has 3 rings (SSSR count). The number of hydrogen-bond donors (Lipinski definition) is 1. The van der Waals surface area contributed by atoms with Gasteiger partial charge in [0, 0.05) is 30.3 Å². The van der Waals surface area contributed by atoms with Crippen molar-refractivity contribution in [2.75, 3.05) is 18.1 Å². The van der Waals surface area contributed by atoms with Crippen molar-refractivity contribution in [3.05, 3.63) is 71.8 Å². The minimum atomic E-state index is -0.908. The number of hydrogen-bond acceptors (Lipinski definition) is 5. The van der Waals surface area contributed by atoms with Crippen LogP contribution in [0.4, 0.5) is 5.69 Å². The first-order chi connectivity index (χ1) is 14.9. The fourth-order valence-corrected chi connectivity index (χ4v) is 3.17. The van der Waals surface area contributed by atoms with Crippen LogP contribution in [-0.4, -0.2) is 42.8 Å². The highest BCUT2D eigenvalue weighted by molar-refractivity contribution is 6.01. The van der Waals surface area contributed by atoms with E-state index >= 15 is 0 Å². The van der Waals surface area contributed by atoms with E-state index in [1.54, 1.807) is 35.2 Å². The molecule has 1 heterocycles. The highest BCUT2D eigenvalue weighted by Crippen LogP contribution is 2.22. The first-order valence-corrected chi connectivity index (χ1v) is 10.1. The monoisotopic (exact) mass is 420 g/mol. The number of rotatable bonds is 8. The van der Waals surface area contributed by atoms with Crippen molar-refractivity contribution in [1.29, 1.82) is 0 Å². The minimum Gasteiger partial charge on any atom is -0.456 e. The number of carbonyl (C=O) groups is 4. The van der Waals surface area contributed by atoms with Crippen molar-refractivity contribution in [3.63, 3.8) is 0 Å². The number of Topliss-reactive ketones (excluding diaryl/α,β-unsaturated/α-hetero) is 1. The van der Waals surface area contributed by atoms with Crippen molar-refractivity contribution in [2.24, 2.45) is 0 Å². The Hall–Kier alpha value is -3.74. The van der Waals surface area contributed by atoms with Gasteiger partial charge in [-0.15, -0.1) is 0 Å². The second-order valence-electron chi connectivity index (χ2n) is 7.20. The van der Waals surface area contributed by atoms with Crippen molar-refractivity contribution in [3.8, 4) is 0 Å². The van der Waals surface area contributed by atoms with E-state index in [1.165, 1.54) is 13.0 Å². The van der Waals surface area contributed by atoms with Crippen LogP contribution in [0, 0.1) is 0 Å². The quantitative estimate of drug-likeness (QED) is 0.403. The van der Waals surface area contributed by atoms with Crippen molar-refractivity contribution in [2.45, 2.75) is 25.8 Å². The predicted molar refractivity (Wildman–Crippen MR) is 116 cm³/mol. The van der Waals surface area contributed by atoms with Crippen molar-refractivity contribution >= 4 is 35.3 Å². The van der Waals surface area contributed by atoms with Crippen molar-refractivity contribution in [1.82, 2.24) is 5.32 Å². The molecule has 1 saturated heterocycles. The second kappa shape index (κ2) is 10.3. The van der Waals surface area contributed by atoms with E-state index in [2.05, 4.69) is 5.32 Å². The summed E-state index contributed by atoms with van der Waals surface area (Å²) in [6, 6.07) is 15.1. The molecule has 1 aliphatic rings. The Morgan fingerprint density at radius 2 is 1.90 bits per heavy atom. The number of anilines is 1. The Balaban J connectivity index is 1.49. The maximum atomic E-state index is 12.4. The molecule has 7 nitrogen and oxygen atoms in total. The van der Waals surface area contributed by atoms with E-state index in [0.717, 1.165) is 12.0 Å². The summed E-state index contributed by atoms with van der Waals surface area (Å²) in [7, 11) is 0. The average Bonchev–Trinajstić information content (AvgIpc) is 3.22. The smallest absolute Gasteiger partial charge is 0.328 e. The normalized spacial score (nSPS) is 14.5. The van der Waals surface area contributed by atoms with Gasteiger partial charge in [0.25, 0.3) is 0 Å². The molecule has 1 fully saturated rings. The summed E-state index contributed by atoms with van der Waals surface area (Å²) >= 11 is 0. The lowest BCUT2D eigenvalue weighted by molar-refractivity contribution is -0.145. The van der Waals surface area contributed by atoms with Gasteiger partial charge >= 0.3 is 5.97 Å². The van der Waals surface area contributed by atoms with Crippen LogP contribution in [-0.2, 0) is 19.1 Å². The number of nitrogens with zero attached hydrogens (tertiary/aromatic N) is 1. The largest absolute Gasteiger partial charge is 0.456 e. The van der Waals surface area contributed by atoms with E-state index < -0.39 is 24.5 Å². The molecule has 2 amide bonds. The van der Waals surface area contributed by atoms with Gasteiger partial charge in [0.2, 0.25) is 11.8 Å². The number of nitrogens with one attached hydrogen (secondary N) is 1. The van der Waals surface area contributed by atoms with Gasteiger partial charge < -0.3 is 15.0 Å². The lowest BCUT2D eigenvalue weighted by atomic mass is 10.1. The second-order valence-corrected chi connectivity index (χ2v) is 7.20. The molecule has 31 heavy (non-hydrogen) atoms. The van der Waals surface area contributed by atoms with E-state index in [9.17, 15) is 19.2 Å². The molecular weight excluding hydrogens is 396 g/mol. The molecule has 1 aliphatic heterocycles. The van der Waals surface area contributed by atoms with Crippen LogP contribution >= 0.6 is 0 Å². The summed E-state index contributed by atoms with van der Waals surface area (Å²) in [5.74, 6) is -1.51. The van der Waals surface area contributed by atoms with Gasteiger partial charge in [0.05, 0.1) is 0 Å². The summed E-state index contributed by atoms with van der Waals surface area (Å²) < 4.78 is 5.06. The molecule has 0 spiro atoms. The topological polar surface area (TPSA) is 92.8 Å². The Labute approximate surface area is 180 Å². The van der Waals surface area contributed by atoms with Gasteiger partial charge in [-0.2, -0.15) is 0 Å². The first-order valence-electron chi connectivity index (χ1n) is 10.1. The third kappa shape index (κ3) is 6.12. The zero-order valence-electron chi connectivity index (χ0n) is 17.2. The number of ketones is 1. The van der Waals surface area contributed by atoms with E-state index in [0.29, 0.717) is 24.2 Å². The van der Waals surface area contributed by atoms with Crippen LogP contribution in [0.5, 0.6) is 0 Å². The molecule has 1 atom stereocenters. The molecule has 7 heteroatoms. The van der Waals surface area contributed by atoms with Crippen LogP contribution in [0.2, 0.25) is 0 Å². The highest BCUT2D eigenvalue weighted by Gasteiger charge is 2.23. The number of amides is 2. The number of carbonyl (C=O) groups excluding carboxylic acids is 4. The SMILES string of the molecule is C[C@H](NC(=O)/C=C/c1ccccc1)C(=O)OCC(=O)c1cccc(N2CCCC2=O)c1. The molecule has 2 aromatic rings. The van der Waals surface area contributed by atoms with Crippen LogP contribution in [0.25, 0.3) is 6.08 Å². The maximum absolute atomic E-state index is 12.4. The minimum absolute atomic E-state index is 0.0295. The van der Waals surface area contributed by atoms with Crippen LogP contribution in [0.1, 0.15) is 35.7 Å². The van der Waals surface area contributed by atoms with E-state index in [4.69, 9.17) is 4.74 Å². The summed E-state index contributed by atoms with van der Waals surface area (Å²) in [6.07, 6.45) is 4.25. The number of ether oxygens (including phenoxy) is 1. The Morgan fingerprint density at radius 1 is 1.13 bits per heavy atom. The van der Waals surface area contributed by atoms with Gasteiger partial charge in [-0.1, -0.05) is 42.5 Å². The van der Waals surface area contributed by atoms with Gasteiger partial charge in [0.15, 0.2) is 12.4 Å². The fourth-order valence-electron chi connectivity index (χ4n) is 3.17. The molecule has 0 unspecified atom stereocenters. The van der Waals surface area contributed by atoms with Gasteiger partial charge in [-0.3, -0.25) is 14.4 Å². The zero-order valence-corrected chi connectivity index (χ0v) is 17.2. The van der Waals surface area contributed by atoms with Crippen LogP contribution in [0.3, 0.4) is 0 Å². The molecular formula is C24H24N2O5. The molecule has 1 N–H and O–H groups in total. The maximum Gasteiger partial charge on any atom is 0.328 e. The molecule has 2 aromatic carbocycles. The summed E-state index contributed by atoms with van der Waals surface area (Å²) in [6.45, 7) is 1.67. The Kier molecular flexibility index (Phi) is 7.32. The van der Waals surface area contributed by atoms with Gasteiger partial charge in [0.1, 0.15) is 6.04 Å². The van der Waals surface area contributed by atoms with Gasteiger partial charge in [-0.25, -0.2) is 4.79 Å². The zero-order chi connectivity index (χ0) is 22.2. The third-order valence-corrected chi connectivity index (χ3v) is 4.84. The lowest BCUT2D eigenvalue weighted by Crippen LogP contribution is -2.39. The fraction of sp³-hybridized carbons (Fsp3) is 0.250. The Bertz CT molecular complexity index is 1000. The molecule has 0 saturated carbocycles. The molecule has 0 aromatic heterocycles. The van der Waals surface area contributed by atoms with Crippen molar-refractivity contribution < 1.29 is 23.9 Å². The number of esters is 1.